The summed E-state index contributed by atoms with van der Waals surface area (Å²) in [6.07, 6.45) is 0. The van der Waals surface area contributed by atoms with E-state index in [1.165, 1.54) is 0 Å². The predicted octanol–water partition coefficient (Wildman–Crippen LogP) is 0.869. The normalized spacial score (nSPS) is 31.7. The molecule has 2 amide bonds. The average molecular weight is 338 g/mol. The minimum absolute atomic E-state index is 0.150. The van der Waals surface area contributed by atoms with Gasteiger partial charge in [0.25, 0.3) is 0 Å². The molecule has 0 radical (unpaired) electrons. The Morgan fingerprint density at radius 1 is 0.792 bits per heavy atom. The molecule has 0 saturated carbocycles. The van der Waals surface area contributed by atoms with Crippen molar-refractivity contribution in [3.05, 3.63) is 0 Å². The van der Waals surface area contributed by atoms with Gasteiger partial charge in [-0.05, 0) is 55.6 Å². The Morgan fingerprint density at radius 2 is 1.08 bits per heavy atom. The lowest BCUT2D eigenvalue weighted by Gasteiger charge is -2.50. The maximum Gasteiger partial charge on any atom is 0.242 e. The first-order valence-electron chi connectivity index (χ1n) is 8.95. The Labute approximate surface area is 146 Å². The van der Waals surface area contributed by atoms with Crippen molar-refractivity contribution in [1.29, 1.82) is 0 Å². The highest BCUT2D eigenvalue weighted by molar-refractivity contribution is 5.87. The van der Waals surface area contributed by atoms with Crippen LogP contribution in [0.2, 0.25) is 0 Å². The molecule has 0 spiro atoms. The van der Waals surface area contributed by atoms with E-state index in [-0.39, 0.29) is 23.9 Å². The van der Waals surface area contributed by atoms with Crippen molar-refractivity contribution in [2.45, 2.75) is 64.7 Å². The Balaban J connectivity index is 2.09. The maximum absolute atomic E-state index is 12.9. The van der Waals surface area contributed by atoms with E-state index >= 15 is 0 Å². The highest BCUT2D eigenvalue weighted by Gasteiger charge is 2.45. The summed E-state index contributed by atoms with van der Waals surface area (Å²) in [4.78, 5) is 33.8. The molecule has 2 saturated heterocycles. The number of nitrogens with zero attached hydrogens (tertiary/aromatic N) is 4. The summed E-state index contributed by atoms with van der Waals surface area (Å²) in [5, 5.41) is 0. The van der Waals surface area contributed by atoms with Crippen LogP contribution in [0.3, 0.4) is 0 Å². The molecule has 0 aromatic heterocycles. The molecule has 0 aromatic carbocycles. The minimum Gasteiger partial charge on any atom is -0.335 e. The van der Waals surface area contributed by atoms with Crippen LogP contribution in [-0.2, 0) is 9.59 Å². The molecule has 2 aliphatic heterocycles. The lowest BCUT2D eigenvalue weighted by molar-refractivity contribution is -0.157. The van der Waals surface area contributed by atoms with E-state index in [0.717, 1.165) is 13.1 Å². The number of piperazine rings is 2. The van der Waals surface area contributed by atoms with Gasteiger partial charge in [-0.25, -0.2) is 0 Å². The largest absolute Gasteiger partial charge is 0.335 e. The van der Waals surface area contributed by atoms with Gasteiger partial charge in [-0.2, -0.15) is 0 Å². The summed E-state index contributed by atoms with van der Waals surface area (Å²) in [6, 6.07) is 0.336. The van der Waals surface area contributed by atoms with Crippen molar-refractivity contribution in [3.63, 3.8) is 0 Å². The molecule has 2 rings (SSSR count). The topological polar surface area (TPSA) is 47.1 Å². The molecule has 24 heavy (non-hydrogen) atoms. The summed E-state index contributed by atoms with van der Waals surface area (Å²) >= 11 is 0. The second-order valence-corrected chi connectivity index (χ2v) is 8.57. The lowest BCUT2D eigenvalue weighted by atomic mass is 9.94. The summed E-state index contributed by atoms with van der Waals surface area (Å²) in [5.41, 5.74) is -0.965. The van der Waals surface area contributed by atoms with Crippen LogP contribution in [0.4, 0.5) is 0 Å². The lowest BCUT2D eigenvalue weighted by Crippen LogP contribution is -2.68. The van der Waals surface area contributed by atoms with Gasteiger partial charge in [-0.1, -0.05) is 0 Å². The number of hydrogen-bond acceptors (Lipinski definition) is 4. The number of carbonyl (C=O) groups excluding carboxylic acids is 2. The Morgan fingerprint density at radius 3 is 1.38 bits per heavy atom. The fraction of sp³-hybridized carbons (Fsp3) is 0.889. The molecule has 0 bridgehead atoms. The van der Waals surface area contributed by atoms with Crippen LogP contribution in [0.5, 0.6) is 0 Å². The third-order valence-electron chi connectivity index (χ3n) is 6.20. The van der Waals surface area contributed by atoms with Crippen LogP contribution in [0.25, 0.3) is 0 Å². The zero-order valence-electron chi connectivity index (χ0n) is 16.6. The first-order valence-corrected chi connectivity index (χ1v) is 8.95. The van der Waals surface area contributed by atoms with Crippen LogP contribution in [-0.4, -0.2) is 94.8 Å². The SMILES string of the molecule is CC1CN(C)C(C)(C)C(=O)N1CCN1C(=O)C(C)(C)N(C)CC1C. The average Bonchev–Trinajstić information content (AvgIpc) is 2.47. The van der Waals surface area contributed by atoms with E-state index in [1.807, 2.05) is 51.6 Å². The smallest absolute Gasteiger partial charge is 0.242 e. The van der Waals surface area contributed by atoms with Gasteiger partial charge in [0.15, 0.2) is 0 Å². The highest BCUT2D eigenvalue weighted by Crippen LogP contribution is 2.26. The zero-order valence-corrected chi connectivity index (χ0v) is 16.6. The molecule has 2 unspecified atom stereocenters. The van der Waals surface area contributed by atoms with Gasteiger partial charge in [0.05, 0.1) is 11.1 Å². The fourth-order valence-corrected chi connectivity index (χ4v) is 3.74. The Hall–Kier alpha value is -1.14. The summed E-state index contributed by atoms with van der Waals surface area (Å²) < 4.78 is 0. The van der Waals surface area contributed by atoms with Crippen LogP contribution in [0.1, 0.15) is 41.5 Å². The Bertz CT molecular complexity index is 471. The van der Waals surface area contributed by atoms with E-state index < -0.39 is 11.1 Å². The molecule has 0 aromatic rings. The summed E-state index contributed by atoms with van der Waals surface area (Å²) in [6.45, 7) is 15.0. The molecular weight excluding hydrogens is 304 g/mol. The molecule has 0 aliphatic carbocycles. The molecular formula is C18H34N4O2. The van der Waals surface area contributed by atoms with Gasteiger partial charge < -0.3 is 9.80 Å². The number of likely N-dealkylation sites (N-methyl/N-ethyl adjacent to an activating group) is 2. The Kier molecular flexibility index (Phi) is 5.04. The van der Waals surface area contributed by atoms with Gasteiger partial charge >= 0.3 is 0 Å². The quantitative estimate of drug-likeness (QED) is 0.766. The van der Waals surface area contributed by atoms with E-state index in [9.17, 15) is 9.59 Å². The van der Waals surface area contributed by atoms with E-state index in [0.29, 0.717) is 13.1 Å². The van der Waals surface area contributed by atoms with Crippen molar-refractivity contribution < 1.29 is 9.59 Å². The number of rotatable bonds is 3. The predicted molar refractivity (Wildman–Crippen MR) is 95.8 cm³/mol. The van der Waals surface area contributed by atoms with Crippen LogP contribution < -0.4 is 0 Å². The van der Waals surface area contributed by atoms with Crippen molar-refractivity contribution in [2.75, 3.05) is 40.3 Å². The van der Waals surface area contributed by atoms with Crippen LogP contribution >= 0.6 is 0 Å². The second kappa shape index (κ2) is 6.30. The number of amides is 2. The number of hydrogen-bond donors (Lipinski definition) is 0. The molecule has 6 heteroatoms. The van der Waals surface area contributed by atoms with Crippen molar-refractivity contribution in [2.24, 2.45) is 0 Å². The van der Waals surface area contributed by atoms with Gasteiger partial charge in [0.2, 0.25) is 11.8 Å². The minimum atomic E-state index is -0.483. The maximum atomic E-state index is 12.9. The molecule has 2 heterocycles. The first-order chi connectivity index (χ1) is 10.9. The zero-order chi connectivity index (χ0) is 18.4. The fourth-order valence-electron chi connectivity index (χ4n) is 3.74. The first kappa shape index (κ1) is 19.2. The molecule has 138 valence electrons. The van der Waals surface area contributed by atoms with Gasteiger partial charge in [0.1, 0.15) is 0 Å². The molecule has 2 atom stereocenters. The molecule has 2 aliphatic rings. The van der Waals surface area contributed by atoms with E-state index in [2.05, 4.69) is 23.6 Å². The van der Waals surface area contributed by atoms with Crippen molar-refractivity contribution in [3.8, 4) is 0 Å². The van der Waals surface area contributed by atoms with Crippen LogP contribution in [0.15, 0.2) is 0 Å². The molecule has 2 fully saturated rings. The molecule has 6 nitrogen and oxygen atoms in total. The van der Waals surface area contributed by atoms with Crippen molar-refractivity contribution in [1.82, 2.24) is 19.6 Å². The van der Waals surface area contributed by atoms with Gasteiger partial charge in [0, 0.05) is 38.3 Å². The third-order valence-corrected chi connectivity index (χ3v) is 6.20. The highest BCUT2D eigenvalue weighted by atomic mass is 16.2. The third kappa shape index (κ3) is 3.06. The van der Waals surface area contributed by atoms with Gasteiger partial charge in [-0.15, -0.1) is 0 Å². The molecule has 0 N–H and O–H groups in total. The number of carbonyl (C=O) groups is 2. The second-order valence-electron chi connectivity index (χ2n) is 8.57. The monoisotopic (exact) mass is 338 g/mol. The summed E-state index contributed by atoms with van der Waals surface area (Å²) in [7, 11) is 4.00. The summed E-state index contributed by atoms with van der Waals surface area (Å²) in [5.74, 6) is 0.300. The standard InChI is InChI=1S/C18H34N4O2/c1-13-11-19(7)17(3,4)15(23)21(13)9-10-22-14(2)12-20(8)18(5,6)16(22)24/h13-14H,9-12H2,1-8H3. The van der Waals surface area contributed by atoms with E-state index in [1.54, 1.807) is 0 Å². The van der Waals surface area contributed by atoms with E-state index in [4.69, 9.17) is 0 Å². The van der Waals surface area contributed by atoms with Gasteiger partial charge in [-0.3, -0.25) is 19.4 Å². The van der Waals surface area contributed by atoms with Crippen molar-refractivity contribution >= 4 is 11.8 Å². The van der Waals surface area contributed by atoms with Crippen LogP contribution in [0, 0.1) is 0 Å².